The Kier molecular flexibility index (Phi) is 4.73. The first kappa shape index (κ1) is 15.0. The van der Waals surface area contributed by atoms with Gasteiger partial charge in [0.05, 0.1) is 4.47 Å². The molecule has 0 amide bonds. The Morgan fingerprint density at radius 1 is 1.39 bits per heavy atom. The Morgan fingerprint density at radius 3 is 2.50 bits per heavy atom. The van der Waals surface area contributed by atoms with E-state index in [-0.39, 0.29) is 5.82 Å². The number of rotatable bonds is 3. The molecule has 0 heterocycles. The van der Waals surface area contributed by atoms with Crippen molar-refractivity contribution in [1.82, 2.24) is 0 Å². The third kappa shape index (κ3) is 4.64. The topological polar surface area (TPSA) is 35.5 Å². The van der Waals surface area contributed by atoms with Gasteiger partial charge >= 0.3 is 5.97 Å². The van der Waals surface area contributed by atoms with Gasteiger partial charge in [-0.15, -0.1) is 0 Å². The number of carbonyl (C=O) groups is 1. The van der Waals surface area contributed by atoms with E-state index in [0.29, 0.717) is 10.2 Å². The van der Waals surface area contributed by atoms with Crippen molar-refractivity contribution in [2.45, 2.75) is 39.4 Å². The molecule has 0 aliphatic rings. The van der Waals surface area contributed by atoms with Crippen LogP contribution in [0.25, 0.3) is 0 Å². The first-order valence-corrected chi connectivity index (χ1v) is 6.33. The van der Waals surface area contributed by atoms with Crippen LogP contribution in [-0.2, 0) is 9.53 Å². The Morgan fingerprint density at radius 2 is 2.00 bits per heavy atom. The summed E-state index contributed by atoms with van der Waals surface area (Å²) in [6.45, 7) is 6.94. The lowest BCUT2D eigenvalue weighted by Gasteiger charge is -2.22. The molecule has 3 nitrogen and oxygen atoms in total. The van der Waals surface area contributed by atoms with Gasteiger partial charge in [0, 0.05) is 0 Å². The summed E-state index contributed by atoms with van der Waals surface area (Å²) in [5.41, 5.74) is -0.561. The average molecular weight is 319 g/mol. The van der Waals surface area contributed by atoms with Crippen LogP contribution in [0.15, 0.2) is 22.7 Å². The molecule has 0 unspecified atom stereocenters. The van der Waals surface area contributed by atoms with E-state index in [0.717, 1.165) is 0 Å². The highest BCUT2D eigenvalue weighted by atomic mass is 79.9. The molecule has 0 saturated carbocycles. The molecule has 0 aliphatic carbocycles. The highest BCUT2D eigenvalue weighted by molar-refractivity contribution is 9.10. The Bertz CT molecular complexity index is 440. The molecule has 0 fully saturated rings. The highest BCUT2D eigenvalue weighted by Crippen LogP contribution is 2.26. The van der Waals surface area contributed by atoms with Gasteiger partial charge in [0.25, 0.3) is 0 Å². The fraction of sp³-hybridized carbons (Fsp3) is 0.462. The zero-order valence-electron chi connectivity index (χ0n) is 10.8. The minimum atomic E-state index is -0.758. The van der Waals surface area contributed by atoms with E-state index in [4.69, 9.17) is 9.47 Å². The van der Waals surface area contributed by atoms with Crippen molar-refractivity contribution in [3.63, 3.8) is 0 Å². The maximum absolute atomic E-state index is 12.9. The second kappa shape index (κ2) is 5.69. The van der Waals surface area contributed by atoms with E-state index in [2.05, 4.69) is 15.9 Å². The Labute approximate surface area is 114 Å². The summed E-state index contributed by atoms with van der Waals surface area (Å²) in [5, 5.41) is 0. The standard InChI is InChI=1S/C13H16BrFO3/c1-8(12(16)18-13(2,3)4)17-11-6-5-9(15)7-10(11)14/h5-8H,1-4H3/t8-/m0/s1. The van der Waals surface area contributed by atoms with Gasteiger partial charge in [-0.3, -0.25) is 0 Å². The lowest BCUT2D eigenvalue weighted by molar-refractivity contribution is -0.162. The number of esters is 1. The second-order valence-corrected chi connectivity index (χ2v) is 5.72. The largest absolute Gasteiger partial charge is 0.478 e. The molecule has 100 valence electrons. The molecule has 1 rings (SSSR count). The summed E-state index contributed by atoms with van der Waals surface area (Å²) >= 11 is 3.17. The van der Waals surface area contributed by atoms with Gasteiger partial charge in [-0.05, 0) is 61.8 Å². The second-order valence-electron chi connectivity index (χ2n) is 4.87. The molecule has 18 heavy (non-hydrogen) atoms. The average Bonchev–Trinajstić information content (AvgIpc) is 2.19. The molecule has 5 heteroatoms. The molecule has 0 aromatic heterocycles. The van der Waals surface area contributed by atoms with Crippen LogP contribution < -0.4 is 4.74 Å². The van der Waals surface area contributed by atoms with Gasteiger partial charge in [0.2, 0.25) is 0 Å². The summed E-state index contributed by atoms with van der Waals surface area (Å²) in [6.07, 6.45) is -0.758. The number of carbonyl (C=O) groups excluding carboxylic acids is 1. The molecule has 0 radical (unpaired) electrons. The van der Waals surface area contributed by atoms with E-state index in [1.54, 1.807) is 27.7 Å². The third-order valence-corrected chi connectivity index (χ3v) is 2.56. The zero-order valence-corrected chi connectivity index (χ0v) is 12.4. The van der Waals surface area contributed by atoms with Crippen molar-refractivity contribution in [1.29, 1.82) is 0 Å². The molecule has 0 saturated heterocycles. The number of hydrogen-bond donors (Lipinski definition) is 0. The Balaban J connectivity index is 2.69. The number of ether oxygens (including phenoxy) is 2. The molecule has 0 spiro atoms. The van der Waals surface area contributed by atoms with Crippen LogP contribution in [0.4, 0.5) is 4.39 Å². The van der Waals surface area contributed by atoms with Crippen molar-refractivity contribution < 1.29 is 18.7 Å². The van der Waals surface area contributed by atoms with Gasteiger partial charge in [-0.1, -0.05) is 0 Å². The first-order valence-electron chi connectivity index (χ1n) is 5.53. The molecular formula is C13H16BrFO3. The number of hydrogen-bond acceptors (Lipinski definition) is 3. The molecule has 1 aromatic carbocycles. The third-order valence-electron chi connectivity index (χ3n) is 1.94. The van der Waals surface area contributed by atoms with E-state index in [1.165, 1.54) is 18.2 Å². The number of benzene rings is 1. The fourth-order valence-electron chi connectivity index (χ4n) is 1.19. The summed E-state index contributed by atoms with van der Waals surface area (Å²) in [6, 6.07) is 4.00. The Hall–Kier alpha value is -1.10. The quantitative estimate of drug-likeness (QED) is 0.797. The molecule has 0 bridgehead atoms. The maximum Gasteiger partial charge on any atom is 0.347 e. The predicted octanol–water partition coefficient (Wildman–Crippen LogP) is 3.70. The van der Waals surface area contributed by atoms with Crippen molar-refractivity contribution in [3.8, 4) is 5.75 Å². The van der Waals surface area contributed by atoms with Crippen LogP contribution >= 0.6 is 15.9 Å². The van der Waals surface area contributed by atoms with E-state index < -0.39 is 17.7 Å². The fourth-order valence-corrected chi connectivity index (χ4v) is 1.64. The van der Waals surface area contributed by atoms with Gasteiger partial charge in [-0.2, -0.15) is 0 Å². The lowest BCUT2D eigenvalue weighted by Crippen LogP contribution is -2.33. The van der Waals surface area contributed by atoms with Crippen LogP contribution in [0.5, 0.6) is 5.75 Å². The van der Waals surface area contributed by atoms with Crippen molar-refractivity contribution >= 4 is 21.9 Å². The van der Waals surface area contributed by atoms with Crippen LogP contribution in [0.3, 0.4) is 0 Å². The van der Waals surface area contributed by atoms with E-state index >= 15 is 0 Å². The van der Waals surface area contributed by atoms with Crippen molar-refractivity contribution in [2.24, 2.45) is 0 Å². The summed E-state index contributed by atoms with van der Waals surface area (Å²) < 4.78 is 23.9. The molecule has 1 aromatic rings. The SMILES string of the molecule is C[C@H](Oc1ccc(F)cc1Br)C(=O)OC(C)(C)C. The van der Waals surface area contributed by atoms with E-state index in [9.17, 15) is 9.18 Å². The summed E-state index contributed by atoms with van der Waals surface area (Å²) in [7, 11) is 0. The van der Waals surface area contributed by atoms with Crippen molar-refractivity contribution in [2.75, 3.05) is 0 Å². The maximum atomic E-state index is 12.9. The smallest absolute Gasteiger partial charge is 0.347 e. The monoisotopic (exact) mass is 318 g/mol. The normalized spacial score (nSPS) is 13.0. The predicted molar refractivity (Wildman–Crippen MR) is 70.0 cm³/mol. The van der Waals surface area contributed by atoms with Crippen LogP contribution in [0.1, 0.15) is 27.7 Å². The molecule has 0 N–H and O–H groups in total. The number of halogens is 2. The van der Waals surface area contributed by atoms with Crippen LogP contribution in [0.2, 0.25) is 0 Å². The zero-order chi connectivity index (χ0) is 13.9. The van der Waals surface area contributed by atoms with Gasteiger partial charge in [-0.25, -0.2) is 9.18 Å². The lowest BCUT2D eigenvalue weighted by atomic mass is 10.2. The van der Waals surface area contributed by atoms with Gasteiger partial charge in [0.15, 0.2) is 6.10 Å². The molecule has 1 atom stereocenters. The summed E-state index contributed by atoms with van der Waals surface area (Å²) in [4.78, 5) is 11.7. The van der Waals surface area contributed by atoms with Crippen LogP contribution in [-0.4, -0.2) is 17.7 Å². The van der Waals surface area contributed by atoms with Crippen molar-refractivity contribution in [3.05, 3.63) is 28.5 Å². The summed E-state index contributed by atoms with van der Waals surface area (Å²) in [5.74, 6) is -0.437. The van der Waals surface area contributed by atoms with Gasteiger partial charge < -0.3 is 9.47 Å². The first-order chi connectivity index (χ1) is 8.19. The molecule has 0 aliphatic heterocycles. The highest BCUT2D eigenvalue weighted by Gasteiger charge is 2.23. The van der Waals surface area contributed by atoms with E-state index in [1.807, 2.05) is 0 Å². The molecular weight excluding hydrogens is 303 g/mol. The minimum Gasteiger partial charge on any atom is -0.478 e. The van der Waals surface area contributed by atoms with Gasteiger partial charge in [0.1, 0.15) is 17.2 Å². The minimum absolute atomic E-state index is 0.376. The van der Waals surface area contributed by atoms with Crippen LogP contribution in [0, 0.1) is 5.82 Å².